The monoisotopic (exact) mass is 418 g/mol. The number of aliphatic hydroxyl groups is 1. The normalized spacial score (nSPS) is 13.7. The number of rotatable bonds is 24. The lowest BCUT2D eigenvalue weighted by molar-refractivity contribution is -0.0882. The molecule has 5 nitrogen and oxygen atoms in total. The molecule has 0 heterocycles. The van der Waals surface area contributed by atoms with Crippen molar-refractivity contribution in [2.45, 2.75) is 109 Å². The molecule has 0 fully saturated rings. The van der Waals surface area contributed by atoms with Crippen LogP contribution in [0.4, 0.5) is 0 Å². The molecule has 5 heteroatoms. The van der Waals surface area contributed by atoms with Gasteiger partial charge < -0.3 is 24.1 Å². The summed E-state index contributed by atoms with van der Waals surface area (Å²) in [5.74, 6) is 0. The molecule has 176 valence electrons. The lowest BCUT2D eigenvalue weighted by Gasteiger charge is -2.20. The summed E-state index contributed by atoms with van der Waals surface area (Å²) in [6.07, 6.45) is 18.7. The Labute approximate surface area is 180 Å². The second-order valence-corrected chi connectivity index (χ2v) is 8.12. The van der Waals surface area contributed by atoms with Crippen molar-refractivity contribution in [2.75, 3.05) is 47.3 Å². The van der Waals surface area contributed by atoms with Crippen molar-refractivity contribution in [3.63, 3.8) is 0 Å². The number of methoxy groups -OCH3 is 2. The molecule has 0 saturated heterocycles. The van der Waals surface area contributed by atoms with Gasteiger partial charge in [0.1, 0.15) is 12.2 Å². The Balaban J connectivity index is 3.32. The number of unbranched alkanes of at least 4 members (excludes halogenated alkanes) is 13. The summed E-state index contributed by atoms with van der Waals surface area (Å²) in [6.45, 7) is 4.32. The Morgan fingerprint density at radius 3 is 1.59 bits per heavy atom. The third kappa shape index (κ3) is 20.8. The fourth-order valence-electron chi connectivity index (χ4n) is 3.38. The van der Waals surface area contributed by atoms with Gasteiger partial charge >= 0.3 is 0 Å². The Hall–Kier alpha value is -0.200. The highest BCUT2D eigenvalue weighted by Crippen LogP contribution is 2.13. The van der Waals surface area contributed by atoms with Crippen LogP contribution in [0.2, 0.25) is 0 Å². The highest BCUT2D eigenvalue weighted by atomic mass is 16.6. The van der Waals surface area contributed by atoms with E-state index >= 15 is 0 Å². The molecular formula is C24H50O5. The van der Waals surface area contributed by atoms with Gasteiger partial charge in [-0.15, -0.1) is 0 Å². The highest BCUT2D eigenvalue weighted by Gasteiger charge is 2.13. The van der Waals surface area contributed by atoms with Crippen LogP contribution in [0.15, 0.2) is 0 Å². The van der Waals surface area contributed by atoms with E-state index in [4.69, 9.17) is 18.9 Å². The van der Waals surface area contributed by atoms with Gasteiger partial charge in [0.15, 0.2) is 0 Å². The summed E-state index contributed by atoms with van der Waals surface area (Å²) in [5, 5.41) is 9.19. The Bertz CT molecular complexity index is 301. The standard InChI is InChI=1S/C24H50O5/c1-4-5-6-7-8-9-10-11-12-13-14-15-16-17-18-28-21-24(27-3)22-29-23(19-25)20-26-2/h23-25H,4-22H2,1-3H3/t23?,24-/m1/s1. The second kappa shape index (κ2) is 24.1. The zero-order valence-electron chi connectivity index (χ0n) is 19.7. The van der Waals surface area contributed by atoms with Gasteiger partial charge in [0.25, 0.3) is 0 Å². The molecule has 0 aromatic heterocycles. The molecule has 0 aliphatic heterocycles. The van der Waals surface area contributed by atoms with Crippen LogP contribution in [0.25, 0.3) is 0 Å². The fraction of sp³-hybridized carbons (Fsp3) is 1.00. The molecule has 0 aliphatic carbocycles. The number of hydrogen-bond donors (Lipinski definition) is 1. The first-order valence-corrected chi connectivity index (χ1v) is 12.1. The molecule has 1 unspecified atom stereocenters. The summed E-state index contributed by atoms with van der Waals surface area (Å²) < 4.78 is 21.7. The Kier molecular flexibility index (Phi) is 23.9. The van der Waals surface area contributed by atoms with Crippen LogP contribution < -0.4 is 0 Å². The molecule has 29 heavy (non-hydrogen) atoms. The Morgan fingerprint density at radius 1 is 0.621 bits per heavy atom. The largest absolute Gasteiger partial charge is 0.394 e. The number of hydrogen-bond acceptors (Lipinski definition) is 5. The molecule has 0 amide bonds. The van der Waals surface area contributed by atoms with Crippen LogP contribution in [0, 0.1) is 0 Å². The fourth-order valence-corrected chi connectivity index (χ4v) is 3.38. The summed E-state index contributed by atoms with van der Waals surface area (Å²) in [5.41, 5.74) is 0. The summed E-state index contributed by atoms with van der Waals surface area (Å²) in [7, 11) is 3.26. The summed E-state index contributed by atoms with van der Waals surface area (Å²) in [4.78, 5) is 0. The molecule has 0 aromatic rings. The first-order chi connectivity index (χ1) is 14.3. The summed E-state index contributed by atoms with van der Waals surface area (Å²) in [6, 6.07) is 0. The smallest absolute Gasteiger partial charge is 0.104 e. The van der Waals surface area contributed by atoms with Crippen molar-refractivity contribution in [3.8, 4) is 0 Å². The van der Waals surface area contributed by atoms with Gasteiger partial charge in [0.2, 0.25) is 0 Å². The molecular weight excluding hydrogens is 368 g/mol. The van der Waals surface area contributed by atoms with Gasteiger partial charge in [-0.05, 0) is 6.42 Å². The summed E-state index contributed by atoms with van der Waals surface area (Å²) >= 11 is 0. The zero-order valence-corrected chi connectivity index (χ0v) is 19.7. The topological polar surface area (TPSA) is 57.2 Å². The van der Waals surface area contributed by atoms with Gasteiger partial charge in [-0.1, -0.05) is 90.4 Å². The van der Waals surface area contributed by atoms with E-state index in [-0.39, 0.29) is 18.8 Å². The minimum absolute atomic E-state index is 0.0514. The molecule has 0 saturated carbocycles. The minimum Gasteiger partial charge on any atom is -0.394 e. The maximum absolute atomic E-state index is 9.19. The van der Waals surface area contributed by atoms with Gasteiger partial charge in [0, 0.05) is 20.8 Å². The molecule has 1 N–H and O–H groups in total. The maximum Gasteiger partial charge on any atom is 0.104 e. The lowest BCUT2D eigenvalue weighted by atomic mass is 10.0. The van der Waals surface area contributed by atoms with Gasteiger partial charge in [-0.2, -0.15) is 0 Å². The van der Waals surface area contributed by atoms with Crippen LogP contribution in [0.3, 0.4) is 0 Å². The van der Waals surface area contributed by atoms with Gasteiger partial charge in [0.05, 0.1) is 26.4 Å². The van der Waals surface area contributed by atoms with Crippen molar-refractivity contribution in [2.24, 2.45) is 0 Å². The molecule has 0 aliphatic rings. The van der Waals surface area contributed by atoms with E-state index in [0.717, 1.165) is 13.0 Å². The molecule has 0 radical (unpaired) electrons. The predicted molar refractivity (Wildman–Crippen MR) is 121 cm³/mol. The maximum atomic E-state index is 9.19. The van der Waals surface area contributed by atoms with Crippen LogP contribution in [-0.2, 0) is 18.9 Å². The third-order valence-electron chi connectivity index (χ3n) is 5.35. The average molecular weight is 419 g/mol. The molecule has 0 rings (SSSR count). The van der Waals surface area contributed by atoms with E-state index in [1.54, 1.807) is 14.2 Å². The van der Waals surface area contributed by atoms with Crippen molar-refractivity contribution in [1.29, 1.82) is 0 Å². The number of aliphatic hydroxyl groups excluding tert-OH is 1. The van der Waals surface area contributed by atoms with Gasteiger partial charge in [-0.25, -0.2) is 0 Å². The van der Waals surface area contributed by atoms with Crippen LogP contribution in [0.5, 0.6) is 0 Å². The SMILES string of the molecule is CCCCCCCCCCCCCCCCOC[C@H](COC(CO)COC)OC. The van der Waals surface area contributed by atoms with Gasteiger partial charge in [-0.3, -0.25) is 0 Å². The zero-order chi connectivity index (χ0) is 21.4. The van der Waals surface area contributed by atoms with Crippen molar-refractivity contribution in [3.05, 3.63) is 0 Å². The van der Waals surface area contributed by atoms with E-state index in [1.165, 1.54) is 83.5 Å². The molecule has 0 aromatic carbocycles. The first kappa shape index (κ1) is 28.8. The minimum atomic E-state index is -0.302. The van der Waals surface area contributed by atoms with Crippen molar-refractivity contribution in [1.82, 2.24) is 0 Å². The Morgan fingerprint density at radius 2 is 1.14 bits per heavy atom. The van der Waals surface area contributed by atoms with E-state index in [1.807, 2.05) is 0 Å². The molecule has 0 bridgehead atoms. The highest BCUT2D eigenvalue weighted by molar-refractivity contribution is 4.59. The lowest BCUT2D eigenvalue weighted by Crippen LogP contribution is -2.31. The molecule has 0 spiro atoms. The van der Waals surface area contributed by atoms with E-state index < -0.39 is 0 Å². The van der Waals surface area contributed by atoms with Crippen molar-refractivity contribution < 1.29 is 24.1 Å². The van der Waals surface area contributed by atoms with E-state index in [0.29, 0.717) is 19.8 Å². The van der Waals surface area contributed by atoms with Crippen molar-refractivity contribution >= 4 is 0 Å². The van der Waals surface area contributed by atoms with Crippen LogP contribution >= 0.6 is 0 Å². The van der Waals surface area contributed by atoms with E-state index in [2.05, 4.69) is 6.92 Å². The van der Waals surface area contributed by atoms with Crippen LogP contribution in [-0.4, -0.2) is 64.6 Å². The average Bonchev–Trinajstić information content (AvgIpc) is 2.74. The quantitative estimate of drug-likeness (QED) is 0.209. The first-order valence-electron chi connectivity index (χ1n) is 12.1. The molecule has 2 atom stereocenters. The van der Waals surface area contributed by atoms with E-state index in [9.17, 15) is 5.11 Å². The number of ether oxygens (including phenoxy) is 4. The predicted octanol–water partition coefficient (Wildman–Crippen LogP) is 5.52. The third-order valence-corrected chi connectivity index (χ3v) is 5.35. The van der Waals surface area contributed by atoms with Crippen LogP contribution in [0.1, 0.15) is 96.8 Å². The second-order valence-electron chi connectivity index (χ2n) is 8.12.